The Hall–Kier alpha value is -2.40. The van der Waals surface area contributed by atoms with Gasteiger partial charge in [0.05, 0.1) is 41.5 Å². The number of amides is 2. The number of aromatic nitrogens is 2. The highest BCUT2D eigenvalue weighted by Gasteiger charge is 2.49. The fraction of sp³-hybridized carbons (Fsp3) is 0.522. The summed E-state index contributed by atoms with van der Waals surface area (Å²) in [5.41, 5.74) is 3.03. The maximum absolute atomic E-state index is 11.8. The van der Waals surface area contributed by atoms with Crippen molar-refractivity contribution in [1.29, 1.82) is 0 Å². The molecule has 5 rings (SSSR count). The lowest BCUT2D eigenvalue weighted by Crippen LogP contribution is -2.47. The Labute approximate surface area is 195 Å². The number of rotatable bonds is 4. The first-order chi connectivity index (χ1) is 15.7. The number of ether oxygens (including phenoxy) is 1. The highest BCUT2D eigenvalue weighted by Crippen LogP contribution is 2.66. The monoisotopic (exact) mass is 473 g/mol. The normalized spacial score (nSPS) is 25.4. The van der Waals surface area contributed by atoms with Gasteiger partial charge in [0.15, 0.2) is 5.82 Å². The van der Waals surface area contributed by atoms with Crippen LogP contribution in [-0.4, -0.2) is 56.9 Å². The first kappa shape index (κ1) is 22.4. The average Bonchev–Trinajstić information content (AvgIpc) is 3.12. The van der Waals surface area contributed by atoms with Crippen LogP contribution in [0.2, 0.25) is 0 Å². The van der Waals surface area contributed by atoms with Crippen LogP contribution in [0.5, 0.6) is 0 Å². The Balaban J connectivity index is 1.56. The van der Waals surface area contributed by atoms with Crippen molar-refractivity contribution in [3.63, 3.8) is 0 Å². The highest BCUT2D eigenvalue weighted by molar-refractivity contribution is 8.24. The van der Waals surface area contributed by atoms with Crippen LogP contribution in [0.15, 0.2) is 24.3 Å². The molecule has 3 aliphatic rings. The zero-order valence-electron chi connectivity index (χ0n) is 19.2. The number of nitrogens with zero attached hydrogens (tertiary/aromatic N) is 3. The van der Waals surface area contributed by atoms with Gasteiger partial charge in [0.1, 0.15) is 5.82 Å². The van der Waals surface area contributed by atoms with E-state index >= 15 is 0 Å². The molecule has 1 aromatic carbocycles. The molecule has 0 aliphatic carbocycles. The largest absolute Gasteiger partial charge is 0.377 e. The van der Waals surface area contributed by atoms with Crippen LogP contribution in [0.1, 0.15) is 44.9 Å². The van der Waals surface area contributed by atoms with E-state index in [0.29, 0.717) is 37.0 Å². The van der Waals surface area contributed by atoms with Gasteiger partial charge in [-0.05, 0) is 57.9 Å². The summed E-state index contributed by atoms with van der Waals surface area (Å²) >= 11 is 0. The molecule has 33 heavy (non-hydrogen) atoms. The van der Waals surface area contributed by atoms with Gasteiger partial charge in [-0.15, -0.1) is 0 Å². The van der Waals surface area contributed by atoms with Crippen molar-refractivity contribution in [1.82, 2.24) is 15.3 Å². The second-order valence-corrected chi connectivity index (χ2v) is 12.1. The van der Waals surface area contributed by atoms with Crippen molar-refractivity contribution in [2.45, 2.75) is 56.2 Å². The maximum atomic E-state index is 11.8. The van der Waals surface area contributed by atoms with Gasteiger partial charge in [0.2, 0.25) is 0 Å². The SMILES string of the molecule is CCNC(=O)Nc1ccc(-c2nc(N3C4CCC3COC4)c3c(n2)C(C)(C)S(O)(O)C3)cc1. The van der Waals surface area contributed by atoms with Crippen LogP contribution in [0.3, 0.4) is 0 Å². The number of hydrogen-bond acceptors (Lipinski definition) is 7. The third-order valence-electron chi connectivity index (χ3n) is 6.94. The number of hydrogen-bond donors (Lipinski definition) is 4. The summed E-state index contributed by atoms with van der Waals surface area (Å²) in [6.45, 7) is 7.43. The molecule has 10 heteroatoms. The fourth-order valence-corrected chi connectivity index (χ4v) is 6.50. The lowest BCUT2D eigenvalue weighted by Gasteiger charge is -2.40. The van der Waals surface area contributed by atoms with Crippen LogP contribution in [0.4, 0.5) is 16.3 Å². The van der Waals surface area contributed by atoms with Gasteiger partial charge in [-0.3, -0.25) is 9.11 Å². The Morgan fingerprint density at radius 1 is 1.18 bits per heavy atom. The van der Waals surface area contributed by atoms with E-state index in [1.54, 1.807) is 0 Å². The molecular weight excluding hydrogens is 442 g/mol. The van der Waals surface area contributed by atoms with Crippen LogP contribution in [0.25, 0.3) is 11.4 Å². The quantitative estimate of drug-likeness (QED) is 0.526. The molecule has 178 valence electrons. The third kappa shape index (κ3) is 3.74. The summed E-state index contributed by atoms with van der Waals surface area (Å²) in [4.78, 5) is 24.0. The zero-order chi connectivity index (χ0) is 23.4. The molecule has 2 bridgehead atoms. The number of benzene rings is 1. The first-order valence-electron chi connectivity index (χ1n) is 11.4. The average molecular weight is 474 g/mol. The number of fused-ring (bicyclic) bond motifs is 3. The fourth-order valence-electron chi connectivity index (χ4n) is 4.99. The summed E-state index contributed by atoms with van der Waals surface area (Å²) in [6.07, 6.45) is 2.08. The molecule has 2 amide bonds. The molecule has 1 aromatic heterocycles. The predicted octanol–water partition coefficient (Wildman–Crippen LogP) is 4.15. The maximum Gasteiger partial charge on any atom is 0.319 e. The lowest BCUT2D eigenvalue weighted by atomic mass is 10.0. The molecule has 9 nitrogen and oxygen atoms in total. The van der Waals surface area contributed by atoms with Gasteiger partial charge in [-0.25, -0.2) is 14.8 Å². The zero-order valence-corrected chi connectivity index (χ0v) is 20.0. The minimum atomic E-state index is -2.90. The molecule has 2 atom stereocenters. The van der Waals surface area contributed by atoms with Crippen LogP contribution < -0.4 is 15.5 Å². The van der Waals surface area contributed by atoms with E-state index in [4.69, 9.17) is 14.7 Å². The number of urea groups is 1. The second kappa shape index (κ2) is 8.12. The molecule has 0 radical (unpaired) electrons. The Morgan fingerprint density at radius 2 is 1.85 bits per heavy atom. The van der Waals surface area contributed by atoms with Crippen molar-refractivity contribution in [3.05, 3.63) is 35.5 Å². The molecule has 2 fully saturated rings. The van der Waals surface area contributed by atoms with E-state index in [-0.39, 0.29) is 23.9 Å². The van der Waals surface area contributed by atoms with E-state index in [1.807, 2.05) is 45.0 Å². The molecule has 3 aliphatic heterocycles. The number of carbonyl (C=O) groups excluding carboxylic acids is 1. The van der Waals surface area contributed by atoms with Gasteiger partial charge in [-0.2, -0.15) is 10.6 Å². The Bertz CT molecular complexity index is 1060. The molecule has 0 spiro atoms. The van der Waals surface area contributed by atoms with E-state index < -0.39 is 15.3 Å². The van der Waals surface area contributed by atoms with Gasteiger partial charge in [-0.1, -0.05) is 0 Å². The topological polar surface area (TPSA) is 120 Å². The van der Waals surface area contributed by atoms with Crippen LogP contribution in [0, 0.1) is 0 Å². The summed E-state index contributed by atoms with van der Waals surface area (Å²) in [7, 11) is -2.90. The summed E-state index contributed by atoms with van der Waals surface area (Å²) in [5, 5.41) is 5.50. The number of nitrogens with one attached hydrogen (secondary N) is 2. The Morgan fingerprint density at radius 3 is 2.48 bits per heavy atom. The van der Waals surface area contributed by atoms with Crippen LogP contribution in [-0.2, 0) is 15.2 Å². The number of morpholine rings is 1. The van der Waals surface area contributed by atoms with Crippen molar-refractivity contribution in [2.24, 2.45) is 0 Å². The van der Waals surface area contributed by atoms with Gasteiger partial charge in [0, 0.05) is 23.4 Å². The minimum absolute atomic E-state index is 0.178. The number of anilines is 2. The first-order valence-corrected chi connectivity index (χ1v) is 13.1. The molecule has 4 heterocycles. The van der Waals surface area contributed by atoms with E-state index in [9.17, 15) is 13.9 Å². The highest BCUT2D eigenvalue weighted by atomic mass is 32.3. The summed E-state index contributed by atoms with van der Waals surface area (Å²) in [5.74, 6) is 1.53. The van der Waals surface area contributed by atoms with E-state index in [1.165, 1.54) is 0 Å². The second-order valence-electron chi connectivity index (χ2n) is 9.41. The molecule has 2 aromatic rings. The van der Waals surface area contributed by atoms with Gasteiger partial charge >= 0.3 is 6.03 Å². The predicted molar refractivity (Wildman–Crippen MR) is 130 cm³/mol. The Kier molecular flexibility index (Phi) is 5.51. The molecule has 4 N–H and O–H groups in total. The third-order valence-corrected chi connectivity index (χ3v) is 9.46. The minimum Gasteiger partial charge on any atom is -0.377 e. The molecule has 2 unspecified atom stereocenters. The van der Waals surface area contributed by atoms with Crippen molar-refractivity contribution in [2.75, 3.05) is 30.0 Å². The molecule has 2 saturated heterocycles. The van der Waals surface area contributed by atoms with E-state index in [0.717, 1.165) is 29.8 Å². The number of carbonyl (C=O) groups is 1. The standard InChI is InChI=1S/C23H31N5O4S/c1-4-24-22(29)25-15-7-5-14(6-8-15)20-26-19-18(13-33(30,31)23(19,2)3)21(27-20)28-16-9-10-17(28)12-32-11-16/h5-8,16-17,30-31H,4,9-13H2,1-3H3,(H2,24,25,29). The lowest BCUT2D eigenvalue weighted by molar-refractivity contribution is 0.0901. The molecular formula is C23H31N5O4S. The van der Waals surface area contributed by atoms with Crippen LogP contribution >= 0.6 is 10.6 Å². The van der Waals surface area contributed by atoms with Crippen molar-refractivity contribution in [3.8, 4) is 11.4 Å². The summed E-state index contributed by atoms with van der Waals surface area (Å²) < 4.78 is 26.7. The summed E-state index contributed by atoms with van der Waals surface area (Å²) in [6, 6.07) is 7.61. The van der Waals surface area contributed by atoms with Crippen molar-refractivity contribution >= 4 is 28.1 Å². The smallest absolute Gasteiger partial charge is 0.319 e. The van der Waals surface area contributed by atoms with Gasteiger partial charge < -0.3 is 20.3 Å². The molecule has 0 saturated carbocycles. The van der Waals surface area contributed by atoms with Crippen molar-refractivity contribution < 1.29 is 18.6 Å². The van der Waals surface area contributed by atoms with Gasteiger partial charge in [0.25, 0.3) is 0 Å². The van der Waals surface area contributed by atoms with E-state index in [2.05, 4.69) is 15.5 Å².